The van der Waals surface area contributed by atoms with E-state index in [4.69, 9.17) is 4.74 Å². The molecule has 0 atom stereocenters. The van der Waals surface area contributed by atoms with Crippen LogP contribution in [0.15, 0.2) is 83.9 Å². The van der Waals surface area contributed by atoms with Crippen LogP contribution in [0.2, 0.25) is 0 Å². The Labute approximate surface area is 139 Å². The van der Waals surface area contributed by atoms with Crippen LogP contribution in [0.4, 0.5) is 11.4 Å². The van der Waals surface area contributed by atoms with Gasteiger partial charge in [-0.25, -0.2) is 0 Å². The van der Waals surface area contributed by atoms with Crippen LogP contribution in [0.3, 0.4) is 0 Å². The van der Waals surface area contributed by atoms with Crippen molar-refractivity contribution in [2.45, 2.75) is 0 Å². The van der Waals surface area contributed by atoms with Gasteiger partial charge in [-0.05, 0) is 30.3 Å². The van der Waals surface area contributed by atoms with Crippen molar-refractivity contribution in [2.24, 2.45) is 4.99 Å². The lowest BCUT2D eigenvalue weighted by Gasteiger charge is -2.07. The second-order valence-corrected chi connectivity index (χ2v) is 4.96. The van der Waals surface area contributed by atoms with Crippen molar-refractivity contribution < 1.29 is 9.66 Å². The molecule has 0 aliphatic rings. The summed E-state index contributed by atoms with van der Waals surface area (Å²) >= 11 is 0. The highest BCUT2D eigenvalue weighted by Gasteiger charge is 2.10. The number of hydrogen-bond donors (Lipinski definition) is 0. The predicted octanol–water partition coefficient (Wildman–Crippen LogP) is 5.14. The molecule has 0 N–H and O–H groups in total. The normalized spacial score (nSPS) is 10.7. The van der Waals surface area contributed by atoms with Gasteiger partial charge in [0.15, 0.2) is 5.75 Å². The summed E-state index contributed by atoms with van der Waals surface area (Å²) in [5, 5.41) is 11.1. The number of ether oxygens (including phenoxy) is 1. The van der Waals surface area contributed by atoms with Gasteiger partial charge in [0.1, 0.15) is 11.4 Å². The quantitative estimate of drug-likeness (QED) is 0.372. The van der Waals surface area contributed by atoms with Crippen molar-refractivity contribution in [3.63, 3.8) is 0 Å². The molecule has 3 aromatic carbocycles. The lowest BCUT2D eigenvalue weighted by atomic mass is 10.2. The van der Waals surface area contributed by atoms with Crippen molar-refractivity contribution in [1.29, 1.82) is 0 Å². The van der Waals surface area contributed by atoms with Gasteiger partial charge in [-0.2, -0.15) is 0 Å². The number of nitro benzene ring substituents is 1. The SMILES string of the molecule is O=[N+]([O-])c1ccccc1C=Nc1ccccc1Oc1ccccc1. The molecule has 3 aromatic rings. The maximum Gasteiger partial charge on any atom is 0.278 e. The first-order chi connectivity index (χ1) is 11.7. The first kappa shape index (κ1) is 15.4. The van der Waals surface area contributed by atoms with Crippen LogP contribution in [0.5, 0.6) is 11.5 Å². The highest BCUT2D eigenvalue weighted by molar-refractivity contribution is 5.87. The van der Waals surface area contributed by atoms with Crippen molar-refractivity contribution in [2.75, 3.05) is 0 Å². The van der Waals surface area contributed by atoms with Crippen LogP contribution < -0.4 is 4.74 Å². The van der Waals surface area contributed by atoms with Crippen LogP contribution in [-0.2, 0) is 0 Å². The molecular weight excluding hydrogens is 304 g/mol. The second kappa shape index (κ2) is 7.19. The molecule has 0 saturated carbocycles. The van der Waals surface area contributed by atoms with Gasteiger partial charge in [0.05, 0.1) is 10.5 Å². The van der Waals surface area contributed by atoms with Gasteiger partial charge in [0.25, 0.3) is 5.69 Å². The Morgan fingerprint density at radius 3 is 2.33 bits per heavy atom. The van der Waals surface area contributed by atoms with E-state index in [0.717, 1.165) is 0 Å². The monoisotopic (exact) mass is 318 g/mol. The number of benzene rings is 3. The standard InChI is InChI=1S/C19H14N2O3/c22-21(23)18-12-6-4-8-15(18)14-20-17-11-5-7-13-19(17)24-16-9-2-1-3-10-16/h1-14H. The van der Waals surface area contributed by atoms with Gasteiger partial charge in [-0.1, -0.05) is 42.5 Å². The summed E-state index contributed by atoms with van der Waals surface area (Å²) in [6, 6.07) is 23.1. The maximum absolute atomic E-state index is 11.1. The molecule has 0 spiro atoms. The van der Waals surface area contributed by atoms with E-state index in [-0.39, 0.29) is 5.69 Å². The second-order valence-electron chi connectivity index (χ2n) is 4.96. The topological polar surface area (TPSA) is 64.7 Å². The van der Waals surface area contributed by atoms with Crippen LogP contribution in [0.25, 0.3) is 0 Å². The van der Waals surface area contributed by atoms with Gasteiger partial charge in [-0.15, -0.1) is 0 Å². The molecule has 0 unspecified atom stereocenters. The Bertz CT molecular complexity index is 877. The molecule has 0 amide bonds. The van der Waals surface area contributed by atoms with E-state index >= 15 is 0 Å². The van der Waals surface area contributed by atoms with Crippen LogP contribution in [0, 0.1) is 10.1 Å². The van der Waals surface area contributed by atoms with Crippen molar-refractivity contribution in [3.8, 4) is 11.5 Å². The number of hydrogen-bond acceptors (Lipinski definition) is 4. The van der Waals surface area contributed by atoms with Gasteiger partial charge in [-0.3, -0.25) is 15.1 Å². The number of nitrogens with zero attached hydrogens (tertiary/aromatic N) is 2. The van der Waals surface area contributed by atoms with Crippen molar-refractivity contribution in [1.82, 2.24) is 0 Å². The van der Waals surface area contributed by atoms with Crippen LogP contribution in [-0.4, -0.2) is 11.1 Å². The van der Waals surface area contributed by atoms with E-state index in [9.17, 15) is 10.1 Å². The molecule has 0 bridgehead atoms. The minimum atomic E-state index is -0.423. The molecule has 5 nitrogen and oxygen atoms in total. The first-order valence-corrected chi connectivity index (χ1v) is 7.33. The number of aliphatic imine (C=N–C) groups is 1. The molecule has 3 rings (SSSR count). The molecule has 0 heterocycles. The third kappa shape index (κ3) is 3.64. The average Bonchev–Trinajstić information content (AvgIpc) is 2.62. The molecule has 0 aliphatic heterocycles. The minimum Gasteiger partial charge on any atom is -0.455 e. The number of nitro groups is 1. The summed E-state index contributed by atoms with van der Waals surface area (Å²) in [6.45, 7) is 0. The Hall–Kier alpha value is -3.47. The van der Waals surface area contributed by atoms with E-state index in [1.165, 1.54) is 12.3 Å². The van der Waals surface area contributed by atoms with E-state index < -0.39 is 4.92 Å². The Kier molecular flexibility index (Phi) is 4.62. The zero-order valence-corrected chi connectivity index (χ0v) is 12.7. The summed E-state index contributed by atoms with van der Waals surface area (Å²) in [6.07, 6.45) is 1.48. The zero-order chi connectivity index (χ0) is 16.8. The minimum absolute atomic E-state index is 0.0164. The summed E-state index contributed by atoms with van der Waals surface area (Å²) in [7, 11) is 0. The van der Waals surface area contributed by atoms with Gasteiger partial charge >= 0.3 is 0 Å². The maximum atomic E-state index is 11.1. The van der Waals surface area contributed by atoms with Crippen molar-refractivity contribution >= 4 is 17.6 Å². The largest absolute Gasteiger partial charge is 0.455 e. The van der Waals surface area contributed by atoms with E-state index in [2.05, 4.69) is 4.99 Å². The predicted molar refractivity (Wildman–Crippen MR) is 93.3 cm³/mol. The molecule has 0 aliphatic carbocycles. The summed E-state index contributed by atoms with van der Waals surface area (Å²) in [5.74, 6) is 1.28. The Morgan fingerprint density at radius 1 is 0.875 bits per heavy atom. The van der Waals surface area contributed by atoms with Gasteiger partial charge in [0.2, 0.25) is 0 Å². The highest BCUT2D eigenvalue weighted by Crippen LogP contribution is 2.31. The lowest BCUT2D eigenvalue weighted by molar-refractivity contribution is -0.385. The van der Waals surface area contributed by atoms with E-state index in [1.807, 2.05) is 42.5 Å². The number of para-hydroxylation sites is 4. The fraction of sp³-hybridized carbons (Fsp3) is 0. The Morgan fingerprint density at radius 2 is 1.54 bits per heavy atom. The van der Waals surface area contributed by atoms with Crippen LogP contribution >= 0.6 is 0 Å². The highest BCUT2D eigenvalue weighted by atomic mass is 16.6. The molecule has 0 fully saturated rings. The molecule has 118 valence electrons. The molecule has 24 heavy (non-hydrogen) atoms. The first-order valence-electron chi connectivity index (χ1n) is 7.33. The summed E-state index contributed by atoms with van der Waals surface area (Å²) in [5.41, 5.74) is 1.05. The fourth-order valence-electron chi connectivity index (χ4n) is 2.17. The molecule has 0 aromatic heterocycles. The summed E-state index contributed by atoms with van der Waals surface area (Å²) < 4.78 is 5.83. The molecule has 5 heteroatoms. The van der Waals surface area contributed by atoms with Crippen molar-refractivity contribution in [3.05, 3.63) is 94.5 Å². The third-order valence-electron chi connectivity index (χ3n) is 3.31. The average molecular weight is 318 g/mol. The zero-order valence-electron chi connectivity index (χ0n) is 12.7. The van der Waals surface area contributed by atoms with Crippen LogP contribution in [0.1, 0.15) is 5.56 Å². The fourth-order valence-corrected chi connectivity index (χ4v) is 2.17. The number of rotatable bonds is 5. The van der Waals surface area contributed by atoms with Gasteiger partial charge < -0.3 is 4.74 Å². The third-order valence-corrected chi connectivity index (χ3v) is 3.31. The Balaban J connectivity index is 1.90. The lowest BCUT2D eigenvalue weighted by Crippen LogP contribution is -1.93. The smallest absolute Gasteiger partial charge is 0.278 e. The van der Waals surface area contributed by atoms with Gasteiger partial charge in [0, 0.05) is 12.3 Å². The summed E-state index contributed by atoms with van der Waals surface area (Å²) in [4.78, 5) is 15.0. The van der Waals surface area contributed by atoms with E-state index in [0.29, 0.717) is 22.7 Å². The molecule has 0 saturated heterocycles. The van der Waals surface area contributed by atoms with E-state index in [1.54, 1.807) is 30.3 Å². The molecule has 0 radical (unpaired) electrons. The molecular formula is C19H14N2O3.